The number of rotatable bonds is 3. The van der Waals surface area contributed by atoms with Crippen LogP contribution >= 0.6 is 0 Å². The summed E-state index contributed by atoms with van der Waals surface area (Å²) >= 11 is 0. The van der Waals surface area contributed by atoms with E-state index in [1.165, 1.54) is 6.07 Å². The van der Waals surface area contributed by atoms with Crippen LogP contribution in [0.15, 0.2) is 42.5 Å². The van der Waals surface area contributed by atoms with Gasteiger partial charge in [0.25, 0.3) is 5.91 Å². The van der Waals surface area contributed by atoms with Gasteiger partial charge in [-0.1, -0.05) is 18.2 Å². The molecule has 1 amide bonds. The minimum Gasteiger partial charge on any atom is -0.493 e. The van der Waals surface area contributed by atoms with Crippen molar-refractivity contribution in [2.24, 2.45) is 0 Å². The molecule has 0 spiro atoms. The average Bonchev–Trinajstić information content (AvgIpc) is 2.77. The second-order valence-corrected chi connectivity index (χ2v) is 5.95. The first-order valence-corrected chi connectivity index (χ1v) is 7.92. The molecule has 0 bridgehead atoms. The Hall–Kier alpha value is -2.82. The third kappa shape index (κ3) is 3.40. The second kappa shape index (κ2) is 6.74. The minimum atomic E-state index is -1.04. The van der Waals surface area contributed by atoms with E-state index < -0.39 is 5.97 Å². The molecule has 0 fully saturated rings. The molecule has 1 aliphatic rings. The summed E-state index contributed by atoms with van der Waals surface area (Å²) in [5.74, 6) is -0.528. The number of ether oxygens (including phenoxy) is 1. The maximum Gasteiger partial charge on any atom is 0.335 e. The van der Waals surface area contributed by atoms with Gasteiger partial charge in [0, 0.05) is 11.1 Å². The molecule has 0 saturated carbocycles. The van der Waals surface area contributed by atoms with Crippen LogP contribution in [-0.2, 0) is 0 Å². The van der Waals surface area contributed by atoms with Crippen molar-refractivity contribution in [1.82, 2.24) is 5.32 Å². The standard InChI is InChI=1S/C19H19NO4/c1-12-9-13(11-14(10-12)19(22)23)18(21)20-16-6-4-8-24-17-7-3-2-5-15(16)17/h2-3,5,7,9-11,16H,4,6,8H2,1H3,(H,20,21)(H,22,23). The summed E-state index contributed by atoms with van der Waals surface area (Å²) in [5.41, 5.74) is 2.17. The Balaban J connectivity index is 1.86. The maximum absolute atomic E-state index is 12.6. The van der Waals surface area contributed by atoms with Gasteiger partial charge in [0.1, 0.15) is 5.75 Å². The van der Waals surface area contributed by atoms with Crippen molar-refractivity contribution in [3.8, 4) is 5.75 Å². The number of aryl methyl sites for hydroxylation is 1. The molecular formula is C19H19NO4. The van der Waals surface area contributed by atoms with E-state index in [-0.39, 0.29) is 17.5 Å². The van der Waals surface area contributed by atoms with Crippen molar-refractivity contribution in [2.75, 3.05) is 6.61 Å². The molecule has 24 heavy (non-hydrogen) atoms. The van der Waals surface area contributed by atoms with E-state index in [1.807, 2.05) is 24.3 Å². The predicted octanol–water partition coefficient (Wildman–Crippen LogP) is 3.34. The Bertz CT molecular complexity index is 785. The topological polar surface area (TPSA) is 75.6 Å². The molecule has 5 nitrogen and oxygen atoms in total. The van der Waals surface area contributed by atoms with E-state index in [0.29, 0.717) is 12.2 Å². The first-order chi connectivity index (χ1) is 11.5. The SMILES string of the molecule is Cc1cc(C(=O)O)cc(C(=O)NC2CCCOc3ccccc32)c1. The molecule has 0 aliphatic carbocycles. The van der Waals surface area contributed by atoms with Crippen molar-refractivity contribution in [3.63, 3.8) is 0 Å². The summed E-state index contributed by atoms with van der Waals surface area (Å²) in [6, 6.07) is 12.2. The van der Waals surface area contributed by atoms with Crippen LogP contribution in [0.3, 0.4) is 0 Å². The summed E-state index contributed by atoms with van der Waals surface area (Å²) in [4.78, 5) is 23.8. The van der Waals surface area contributed by atoms with Crippen molar-refractivity contribution >= 4 is 11.9 Å². The van der Waals surface area contributed by atoms with Crippen LogP contribution in [0.4, 0.5) is 0 Å². The maximum atomic E-state index is 12.6. The molecule has 0 radical (unpaired) electrons. The molecule has 2 aromatic rings. The van der Waals surface area contributed by atoms with Crippen LogP contribution < -0.4 is 10.1 Å². The molecule has 1 unspecified atom stereocenters. The van der Waals surface area contributed by atoms with Crippen molar-refractivity contribution < 1.29 is 19.4 Å². The zero-order chi connectivity index (χ0) is 17.1. The summed E-state index contributed by atoms with van der Waals surface area (Å²) in [6.07, 6.45) is 1.62. The quantitative estimate of drug-likeness (QED) is 0.907. The highest BCUT2D eigenvalue weighted by atomic mass is 16.5. The average molecular weight is 325 g/mol. The van der Waals surface area contributed by atoms with Gasteiger partial charge < -0.3 is 15.2 Å². The molecule has 1 heterocycles. The summed E-state index contributed by atoms with van der Waals surface area (Å²) < 4.78 is 5.71. The third-order valence-electron chi connectivity index (χ3n) is 4.08. The Morgan fingerprint density at radius 1 is 1.17 bits per heavy atom. The van der Waals surface area contributed by atoms with Gasteiger partial charge in [-0.2, -0.15) is 0 Å². The molecule has 0 saturated heterocycles. The smallest absolute Gasteiger partial charge is 0.335 e. The van der Waals surface area contributed by atoms with Crippen molar-refractivity contribution in [2.45, 2.75) is 25.8 Å². The Morgan fingerprint density at radius 2 is 1.92 bits per heavy atom. The Morgan fingerprint density at radius 3 is 2.71 bits per heavy atom. The number of nitrogens with one attached hydrogen (secondary N) is 1. The Labute approximate surface area is 140 Å². The van der Waals surface area contributed by atoms with Crippen molar-refractivity contribution in [3.05, 3.63) is 64.7 Å². The highest BCUT2D eigenvalue weighted by Gasteiger charge is 2.22. The van der Waals surface area contributed by atoms with Crippen LogP contribution in [0.25, 0.3) is 0 Å². The number of carbonyl (C=O) groups is 2. The number of aromatic carboxylic acids is 1. The largest absolute Gasteiger partial charge is 0.493 e. The zero-order valence-corrected chi connectivity index (χ0v) is 13.4. The van der Waals surface area contributed by atoms with Gasteiger partial charge in [0.2, 0.25) is 0 Å². The van der Waals surface area contributed by atoms with Gasteiger partial charge >= 0.3 is 5.97 Å². The van der Waals surface area contributed by atoms with E-state index >= 15 is 0 Å². The first-order valence-electron chi connectivity index (χ1n) is 7.92. The number of carboxylic acids is 1. The van der Waals surface area contributed by atoms with Crippen molar-refractivity contribution in [1.29, 1.82) is 0 Å². The first kappa shape index (κ1) is 16.1. The van der Waals surface area contributed by atoms with Crippen LogP contribution in [-0.4, -0.2) is 23.6 Å². The van der Waals surface area contributed by atoms with Gasteiger partial charge in [-0.15, -0.1) is 0 Å². The summed E-state index contributed by atoms with van der Waals surface area (Å²) in [6.45, 7) is 2.40. The molecule has 1 atom stereocenters. The monoisotopic (exact) mass is 325 g/mol. The highest BCUT2D eigenvalue weighted by Crippen LogP contribution is 2.31. The lowest BCUT2D eigenvalue weighted by Gasteiger charge is -2.18. The second-order valence-electron chi connectivity index (χ2n) is 5.95. The number of carboxylic acid groups (broad SMARTS) is 1. The van der Waals surface area contributed by atoms with Crippen LogP contribution in [0.5, 0.6) is 5.75 Å². The van der Waals surface area contributed by atoms with Crippen LogP contribution in [0, 0.1) is 6.92 Å². The lowest BCUT2D eigenvalue weighted by atomic mass is 10.0. The van der Waals surface area contributed by atoms with E-state index in [2.05, 4.69) is 5.32 Å². The highest BCUT2D eigenvalue weighted by molar-refractivity contribution is 5.98. The molecule has 5 heteroatoms. The van der Waals surface area contributed by atoms with E-state index in [1.54, 1.807) is 19.1 Å². The lowest BCUT2D eigenvalue weighted by Crippen LogP contribution is -2.28. The third-order valence-corrected chi connectivity index (χ3v) is 4.08. The molecule has 3 rings (SSSR count). The number of amides is 1. The van der Waals surface area contributed by atoms with E-state index in [9.17, 15) is 9.59 Å². The molecule has 2 N–H and O–H groups in total. The van der Waals surface area contributed by atoms with Crippen LogP contribution in [0.1, 0.15) is 50.7 Å². The van der Waals surface area contributed by atoms with Gasteiger partial charge in [-0.3, -0.25) is 4.79 Å². The number of hydrogen-bond acceptors (Lipinski definition) is 3. The fourth-order valence-corrected chi connectivity index (χ4v) is 2.95. The van der Waals surface area contributed by atoms with E-state index in [4.69, 9.17) is 9.84 Å². The van der Waals surface area contributed by atoms with Gasteiger partial charge in [0.05, 0.1) is 18.2 Å². The molecule has 2 aromatic carbocycles. The lowest BCUT2D eigenvalue weighted by molar-refractivity contribution is 0.0696. The fraction of sp³-hybridized carbons (Fsp3) is 0.263. The van der Waals surface area contributed by atoms with Gasteiger partial charge in [-0.25, -0.2) is 4.79 Å². The van der Waals surface area contributed by atoms with Gasteiger partial charge in [0.15, 0.2) is 0 Å². The summed E-state index contributed by atoms with van der Waals surface area (Å²) in [5, 5.41) is 12.2. The zero-order valence-electron chi connectivity index (χ0n) is 13.4. The minimum absolute atomic E-state index is 0.116. The number of para-hydroxylation sites is 1. The number of hydrogen-bond donors (Lipinski definition) is 2. The Kier molecular flexibility index (Phi) is 4.51. The fourth-order valence-electron chi connectivity index (χ4n) is 2.95. The van der Waals surface area contributed by atoms with E-state index in [0.717, 1.165) is 29.7 Å². The molecule has 1 aliphatic heterocycles. The molecule has 0 aromatic heterocycles. The molecule has 124 valence electrons. The predicted molar refractivity (Wildman–Crippen MR) is 89.5 cm³/mol. The van der Waals surface area contributed by atoms with Crippen LogP contribution in [0.2, 0.25) is 0 Å². The number of fused-ring (bicyclic) bond motifs is 1. The van der Waals surface area contributed by atoms with Gasteiger partial charge in [-0.05, 0) is 49.6 Å². The molecular weight excluding hydrogens is 306 g/mol. The normalized spacial score (nSPS) is 16.5. The summed E-state index contributed by atoms with van der Waals surface area (Å²) in [7, 11) is 0. The number of carbonyl (C=O) groups excluding carboxylic acids is 1. The number of benzene rings is 2.